The van der Waals surface area contributed by atoms with Crippen LogP contribution < -0.4 is 16.0 Å². The number of hydrogen-bond acceptors (Lipinski definition) is 7. The smallest absolute Gasteiger partial charge is 0.315 e. The maximum Gasteiger partial charge on any atom is 0.315 e. The van der Waals surface area contributed by atoms with Crippen LogP contribution in [0.15, 0.2) is 29.4 Å². The lowest BCUT2D eigenvalue weighted by molar-refractivity contribution is -0.116. The van der Waals surface area contributed by atoms with E-state index in [-0.39, 0.29) is 24.0 Å². The fraction of sp³-hybridized carbons (Fsp3) is 0.500. The third-order valence-electron chi connectivity index (χ3n) is 5.08. The number of fused-ring (bicyclic) bond motifs is 1. The Kier molecular flexibility index (Phi) is 6.24. The summed E-state index contributed by atoms with van der Waals surface area (Å²) in [7, 11) is 0. The lowest BCUT2D eigenvalue weighted by Gasteiger charge is -2.16. The zero-order valence-corrected chi connectivity index (χ0v) is 17.6. The summed E-state index contributed by atoms with van der Waals surface area (Å²) in [6.07, 6.45) is 5.18. The third-order valence-corrected chi connectivity index (χ3v) is 7.21. The fourth-order valence-electron chi connectivity index (χ4n) is 3.68. The normalized spacial score (nSPS) is 22.8. The van der Waals surface area contributed by atoms with E-state index < -0.39 is 0 Å². The predicted molar refractivity (Wildman–Crippen MR) is 114 cm³/mol. The molecule has 2 fully saturated rings. The molecule has 154 valence electrons. The monoisotopic (exact) mass is 433 g/mol. The summed E-state index contributed by atoms with van der Waals surface area (Å²) in [4.78, 5) is 23.8. The number of nitrogens with one attached hydrogen (secondary N) is 3. The van der Waals surface area contributed by atoms with Gasteiger partial charge in [-0.2, -0.15) is 16.4 Å². The van der Waals surface area contributed by atoms with Crippen molar-refractivity contribution in [2.75, 3.05) is 17.3 Å². The lowest BCUT2D eigenvalue weighted by Crippen LogP contribution is -2.36. The largest absolute Gasteiger partial charge is 0.332 e. The standard InChI is InChI=1S/C18H23N7O2S2/c1-28-18-22-23-24-25(18)12-6-4-5-11(9-12)19-15(26)8-3-2-7-14-16-13(10-29-14)20-17(27)21-16/h4-6,9,13-14,16H,2-3,7-8,10H2,1H3,(H,19,26)(H2,20,21,27)/t13-,14-,16-/m0/s1. The number of aromatic nitrogens is 4. The number of thioether (sulfide) groups is 2. The van der Waals surface area contributed by atoms with E-state index in [1.165, 1.54) is 11.8 Å². The van der Waals surface area contributed by atoms with Gasteiger partial charge in [0.25, 0.3) is 0 Å². The average molecular weight is 434 g/mol. The molecule has 2 aromatic rings. The Hall–Kier alpha value is -2.27. The summed E-state index contributed by atoms with van der Waals surface area (Å²) in [5, 5.41) is 21.7. The molecule has 2 aliphatic rings. The minimum absolute atomic E-state index is 0.00302. The highest BCUT2D eigenvalue weighted by molar-refractivity contribution is 8.00. The van der Waals surface area contributed by atoms with Crippen molar-refractivity contribution < 1.29 is 9.59 Å². The molecule has 3 amide bonds. The fourth-order valence-corrected chi connectivity index (χ4v) is 5.66. The number of unbranched alkanes of at least 4 members (excludes halogenated alkanes) is 1. The molecule has 0 saturated carbocycles. The van der Waals surface area contributed by atoms with Crippen molar-refractivity contribution in [3.63, 3.8) is 0 Å². The first kappa shape index (κ1) is 20.0. The first-order valence-electron chi connectivity index (χ1n) is 9.55. The maximum absolute atomic E-state index is 12.3. The highest BCUT2D eigenvalue weighted by atomic mass is 32.2. The van der Waals surface area contributed by atoms with Crippen LogP contribution in [0.4, 0.5) is 10.5 Å². The summed E-state index contributed by atoms with van der Waals surface area (Å²) < 4.78 is 1.64. The van der Waals surface area contributed by atoms with Crippen molar-refractivity contribution in [2.45, 2.75) is 48.2 Å². The van der Waals surface area contributed by atoms with Crippen LogP contribution in [-0.4, -0.2) is 61.5 Å². The number of carbonyl (C=O) groups is 2. The Bertz CT molecular complexity index is 891. The summed E-state index contributed by atoms with van der Waals surface area (Å²) in [6.45, 7) is 0. The van der Waals surface area contributed by atoms with Gasteiger partial charge in [0.05, 0.1) is 17.8 Å². The Morgan fingerprint density at radius 3 is 3.14 bits per heavy atom. The van der Waals surface area contributed by atoms with E-state index in [9.17, 15) is 9.59 Å². The maximum atomic E-state index is 12.3. The topological polar surface area (TPSA) is 114 Å². The van der Waals surface area contributed by atoms with Gasteiger partial charge in [0.15, 0.2) is 0 Å². The first-order chi connectivity index (χ1) is 14.1. The highest BCUT2D eigenvalue weighted by Gasteiger charge is 2.42. The molecule has 0 unspecified atom stereocenters. The molecule has 0 bridgehead atoms. The van der Waals surface area contributed by atoms with E-state index in [0.29, 0.717) is 16.8 Å². The number of nitrogens with zero attached hydrogens (tertiary/aromatic N) is 4. The second-order valence-electron chi connectivity index (χ2n) is 7.04. The number of benzene rings is 1. The molecule has 1 aromatic heterocycles. The number of amides is 3. The summed E-state index contributed by atoms with van der Waals surface area (Å²) in [6, 6.07) is 7.90. The molecule has 4 rings (SSSR count). The van der Waals surface area contributed by atoms with Crippen LogP contribution in [0.5, 0.6) is 0 Å². The highest BCUT2D eigenvalue weighted by Crippen LogP contribution is 2.33. The molecule has 3 heterocycles. The molecule has 9 nitrogen and oxygen atoms in total. The van der Waals surface area contributed by atoms with Gasteiger partial charge in [0.1, 0.15) is 0 Å². The van der Waals surface area contributed by atoms with E-state index in [2.05, 4.69) is 31.5 Å². The van der Waals surface area contributed by atoms with E-state index >= 15 is 0 Å². The SMILES string of the molecule is CSc1nnnn1-c1cccc(NC(=O)CCCC[C@@H]2SC[C@@H]3NC(=O)N[C@@H]32)c1. The van der Waals surface area contributed by atoms with Crippen molar-refractivity contribution in [2.24, 2.45) is 0 Å². The van der Waals surface area contributed by atoms with Gasteiger partial charge < -0.3 is 16.0 Å². The third kappa shape index (κ3) is 4.67. The zero-order valence-electron chi connectivity index (χ0n) is 16.0. The molecule has 3 atom stereocenters. The molecule has 2 saturated heterocycles. The van der Waals surface area contributed by atoms with Crippen LogP contribution in [0.3, 0.4) is 0 Å². The van der Waals surface area contributed by atoms with Crippen molar-refractivity contribution in [3.8, 4) is 5.69 Å². The molecule has 29 heavy (non-hydrogen) atoms. The van der Waals surface area contributed by atoms with Crippen molar-refractivity contribution >= 4 is 41.1 Å². The van der Waals surface area contributed by atoms with Gasteiger partial charge in [-0.3, -0.25) is 4.79 Å². The second-order valence-corrected chi connectivity index (χ2v) is 9.09. The van der Waals surface area contributed by atoms with E-state index in [1.54, 1.807) is 4.68 Å². The number of rotatable bonds is 8. The molecular weight excluding hydrogens is 410 g/mol. The lowest BCUT2D eigenvalue weighted by atomic mass is 10.0. The Morgan fingerprint density at radius 1 is 1.38 bits per heavy atom. The van der Waals surface area contributed by atoms with Gasteiger partial charge in [-0.05, 0) is 47.7 Å². The van der Waals surface area contributed by atoms with E-state index in [0.717, 1.165) is 36.4 Å². The molecule has 11 heteroatoms. The minimum Gasteiger partial charge on any atom is -0.332 e. The molecule has 0 aliphatic carbocycles. The van der Waals surface area contributed by atoms with Gasteiger partial charge in [-0.25, -0.2) is 4.79 Å². The van der Waals surface area contributed by atoms with Gasteiger partial charge in [0.2, 0.25) is 11.1 Å². The van der Waals surface area contributed by atoms with Gasteiger partial charge in [-0.1, -0.05) is 24.2 Å². The van der Waals surface area contributed by atoms with Crippen LogP contribution in [0.2, 0.25) is 0 Å². The molecule has 3 N–H and O–H groups in total. The second kappa shape index (κ2) is 9.04. The number of anilines is 1. The number of urea groups is 1. The molecule has 0 radical (unpaired) electrons. The predicted octanol–water partition coefficient (Wildman–Crippen LogP) is 2.05. The van der Waals surface area contributed by atoms with E-state index in [1.807, 2.05) is 42.3 Å². The number of carbonyl (C=O) groups excluding carboxylic acids is 2. The quantitative estimate of drug-likeness (QED) is 0.332. The van der Waals surface area contributed by atoms with Crippen molar-refractivity contribution in [3.05, 3.63) is 24.3 Å². The summed E-state index contributed by atoms with van der Waals surface area (Å²) in [5.74, 6) is 0.960. The van der Waals surface area contributed by atoms with Gasteiger partial charge >= 0.3 is 6.03 Å². The average Bonchev–Trinajstić information content (AvgIpc) is 3.41. The van der Waals surface area contributed by atoms with Crippen LogP contribution in [0.25, 0.3) is 5.69 Å². The van der Waals surface area contributed by atoms with Gasteiger partial charge in [0, 0.05) is 23.1 Å². The summed E-state index contributed by atoms with van der Waals surface area (Å²) in [5.41, 5.74) is 1.53. The summed E-state index contributed by atoms with van der Waals surface area (Å²) >= 11 is 3.36. The van der Waals surface area contributed by atoms with Gasteiger partial charge in [-0.15, -0.1) is 5.10 Å². The minimum atomic E-state index is -0.0572. The van der Waals surface area contributed by atoms with Crippen LogP contribution in [0, 0.1) is 0 Å². The zero-order chi connectivity index (χ0) is 20.2. The van der Waals surface area contributed by atoms with Crippen molar-refractivity contribution in [1.29, 1.82) is 0 Å². The van der Waals surface area contributed by atoms with E-state index in [4.69, 9.17) is 0 Å². The van der Waals surface area contributed by atoms with Crippen LogP contribution >= 0.6 is 23.5 Å². The molecule has 2 aliphatic heterocycles. The molecule has 1 aromatic carbocycles. The Balaban J connectivity index is 1.23. The van der Waals surface area contributed by atoms with Crippen LogP contribution in [-0.2, 0) is 4.79 Å². The first-order valence-corrected chi connectivity index (χ1v) is 11.8. The number of hydrogen-bond donors (Lipinski definition) is 3. The Morgan fingerprint density at radius 2 is 2.28 bits per heavy atom. The molecule has 0 spiro atoms. The van der Waals surface area contributed by atoms with Crippen molar-refractivity contribution in [1.82, 2.24) is 30.8 Å². The Labute approximate surface area is 177 Å². The number of tetrazole rings is 1. The molecular formula is C18H23N7O2S2. The van der Waals surface area contributed by atoms with Crippen LogP contribution in [0.1, 0.15) is 25.7 Å².